The lowest BCUT2D eigenvalue weighted by atomic mass is 9.99. The fraction of sp³-hybridized carbons (Fsp3) is 0.750. The second-order valence-electron chi connectivity index (χ2n) is 4.58. The molecule has 0 amide bonds. The molecule has 1 N–H and O–H groups in total. The largest absolute Gasteiger partial charge is 0.387 e. The monoisotopic (exact) mass is 210 g/mol. The van der Waals surface area contributed by atoms with Crippen LogP contribution in [-0.2, 0) is 0 Å². The van der Waals surface area contributed by atoms with Crippen molar-refractivity contribution in [3.8, 4) is 0 Å². The highest BCUT2D eigenvalue weighted by Gasteiger charge is 2.16. The Labute approximate surface area is 92.1 Å². The van der Waals surface area contributed by atoms with E-state index in [2.05, 4.69) is 32.7 Å². The topological polar surface area (TPSA) is 38.1 Å². The van der Waals surface area contributed by atoms with Gasteiger partial charge in [-0.15, -0.1) is 0 Å². The van der Waals surface area contributed by atoms with Crippen LogP contribution in [0.4, 0.5) is 0 Å². The summed E-state index contributed by atoms with van der Waals surface area (Å²) in [7, 11) is 0. The maximum absolute atomic E-state index is 10.1. The van der Waals surface area contributed by atoms with E-state index in [1.807, 2.05) is 4.57 Å². The lowest BCUT2D eigenvalue weighted by Gasteiger charge is -2.18. The molecule has 0 bridgehead atoms. The summed E-state index contributed by atoms with van der Waals surface area (Å²) in [5.41, 5.74) is 0.935. The molecule has 0 saturated heterocycles. The molecule has 0 radical (unpaired) electrons. The summed E-state index contributed by atoms with van der Waals surface area (Å²) in [5.74, 6) is 0.551. The number of hydrogen-bond donors (Lipinski definition) is 1. The quantitative estimate of drug-likeness (QED) is 0.811. The van der Waals surface area contributed by atoms with E-state index in [-0.39, 0.29) is 6.10 Å². The smallest absolute Gasteiger partial charge is 0.0958 e. The molecular formula is C12H22N2O. The SMILES string of the molecule is CCC(C)CC(O)c1cncn1C(C)C. The first-order chi connectivity index (χ1) is 7.06. The van der Waals surface area contributed by atoms with Gasteiger partial charge in [-0.2, -0.15) is 0 Å². The third-order valence-corrected chi connectivity index (χ3v) is 2.92. The Bertz CT molecular complexity index is 294. The second-order valence-corrected chi connectivity index (χ2v) is 4.58. The van der Waals surface area contributed by atoms with Gasteiger partial charge in [-0.25, -0.2) is 4.98 Å². The zero-order chi connectivity index (χ0) is 11.4. The molecule has 2 unspecified atom stereocenters. The van der Waals surface area contributed by atoms with E-state index in [1.54, 1.807) is 12.5 Å². The van der Waals surface area contributed by atoms with Crippen LogP contribution in [0, 0.1) is 5.92 Å². The van der Waals surface area contributed by atoms with Gasteiger partial charge in [-0.05, 0) is 26.2 Å². The van der Waals surface area contributed by atoms with Crippen LogP contribution in [-0.4, -0.2) is 14.7 Å². The molecule has 3 nitrogen and oxygen atoms in total. The minimum absolute atomic E-state index is 0.356. The fourth-order valence-electron chi connectivity index (χ4n) is 1.67. The van der Waals surface area contributed by atoms with Crippen LogP contribution in [0.5, 0.6) is 0 Å². The molecule has 2 atom stereocenters. The first kappa shape index (κ1) is 12.2. The number of aromatic nitrogens is 2. The third kappa shape index (κ3) is 3.06. The molecule has 1 heterocycles. The van der Waals surface area contributed by atoms with Crippen molar-refractivity contribution in [3.63, 3.8) is 0 Å². The second kappa shape index (κ2) is 5.31. The zero-order valence-electron chi connectivity index (χ0n) is 10.1. The van der Waals surface area contributed by atoms with Crippen LogP contribution in [0.1, 0.15) is 58.4 Å². The Morgan fingerprint density at radius 3 is 2.60 bits per heavy atom. The van der Waals surface area contributed by atoms with Crippen molar-refractivity contribution in [2.75, 3.05) is 0 Å². The first-order valence-corrected chi connectivity index (χ1v) is 5.76. The number of hydrogen-bond acceptors (Lipinski definition) is 2. The molecule has 0 aliphatic carbocycles. The van der Waals surface area contributed by atoms with Gasteiger partial charge in [0.25, 0.3) is 0 Å². The Morgan fingerprint density at radius 1 is 1.40 bits per heavy atom. The van der Waals surface area contributed by atoms with Gasteiger partial charge in [-0.3, -0.25) is 0 Å². The van der Waals surface area contributed by atoms with E-state index >= 15 is 0 Å². The molecule has 3 heteroatoms. The van der Waals surface area contributed by atoms with E-state index in [1.165, 1.54) is 0 Å². The van der Waals surface area contributed by atoms with E-state index in [0.29, 0.717) is 12.0 Å². The summed E-state index contributed by atoms with van der Waals surface area (Å²) < 4.78 is 2.03. The van der Waals surface area contributed by atoms with Crippen molar-refractivity contribution in [1.82, 2.24) is 9.55 Å². The number of aliphatic hydroxyl groups excluding tert-OH is 1. The van der Waals surface area contributed by atoms with Crippen LogP contribution < -0.4 is 0 Å². The number of aliphatic hydroxyl groups is 1. The molecular weight excluding hydrogens is 188 g/mol. The number of rotatable bonds is 5. The highest BCUT2D eigenvalue weighted by atomic mass is 16.3. The van der Waals surface area contributed by atoms with Crippen LogP contribution in [0.15, 0.2) is 12.5 Å². The van der Waals surface area contributed by atoms with Crippen LogP contribution in [0.25, 0.3) is 0 Å². The normalized spacial score (nSPS) is 15.6. The first-order valence-electron chi connectivity index (χ1n) is 5.76. The van der Waals surface area contributed by atoms with Gasteiger partial charge in [0.1, 0.15) is 0 Å². The summed E-state index contributed by atoms with van der Waals surface area (Å²) in [4.78, 5) is 4.10. The van der Waals surface area contributed by atoms with Gasteiger partial charge in [0.15, 0.2) is 0 Å². The summed E-state index contributed by atoms with van der Waals surface area (Å²) in [6.07, 6.45) is 5.10. The minimum Gasteiger partial charge on any atom is -0.387 e. The predicted octanol–water partition coefficient (Wildman–Crippen LogP) is 2.93. The van der Waals surface area contributed by atoms with Crippen molar-refractivity contribution < 1.29 is 5.11 Å². The summed E-state index contributed by atoms with van der Waals surface area (Å²) >= 11 is 0. The molecule has 1 rings (SSSR count). The zero-order valence-corrected chi connectivity index (χ0v) is 10.1. The molecule has 0 spiro atoms. The lowest BCUT2D eigenvalue weighted by Crippen LogP contribution is -2.11. The Hall–Kier alpha value is -0.830. The average molecular weight is 210 g/mol. The molecule has 0 fully saturated rings. The lowest BCUT2D eigenvalue weighted by molar-refractivity contribution is 0.136. The summed E-state index contributed by atoms with van der Waals surface area (Å²) in [5, 5.41) is 10.1. The van der Waals surface area contributed by atoms with Crippen molar-refractivity contribution in [2.45, 2.75) is 52.7 Å². The highest BCUT2D eigenvalue weighted by molar-refractivity contribution is 5.04. The van der Waals surface area contributed by atoms with Gasteiger partial charge in [0, 0.05) is 6.04 Å². The van der Waals surface area contributed by atoms with Gasteiger partial charge in [-0.1, -0.05) is 20.3 Å². The third-order valence-electron chi connectivity index (χ3n) is 2.92. The molecule has 1 aromatic heterocycles. The number of imidazole rings is 1. The molecule has 0 aromatic carbocycles. The van der Waals surface area contributed by atoms with Gasteiger partial charge in [0.05, 0.1) is 24.3 Å². The Kier molecular flexibility index (Phi) is 4.33. The van der Waals surface area contributed by atoms with Crippen molar-refractivity contribution in [1.29, 1.82) is 0 Å². The van der Waals surface area contributed by atoms with Crippen LogP contribution >= 0.6 is 0 Å². The standard InChI is InChI=1S/C12H22N2O/c1-5-10(4)6-12(15)11-7-13-8-14(11)9(2)3/h7-10,12,15H,5-6H2,1-4H3. The van der Waals surface area contributed by atoms with Crippen molar-refractivity contribution in [3.05, 3.63) is 18.2 Å². The molecule has 0 aliphatic rings. The Balaban J connectivity index is 2.72. The molecule has 0 saturated carbocycles. The van der Waals surface area contributed by atoms with Crippen molar-refractivity contribution >= 4 is 0 Å². The fourth-order valence-corrected chi connectivity index (χ4v) is 1.67. The predicted molar refractivity (Wildman–Crippen MR) is 61.6 cm³/mol. The highest BCUT2D eigenvalue weighted by Crippen LogP contribution is 2.24. The maximum Gasteiger partial charge on any atom is 0.0958 e. The summed E-state index contributed by atoms with van der Waals surface area (Å²) in [6, 6.07) is 0.356. The molecule has 86 valence electrons. The minimum atomic E-state index is -0.384. The Morgan fingerprint density at radius 2 is 2.07 bits per heavy atom. The maximum atomic E-state index is 10.1. The van der Waals surface area contributed by atoms with Crippen molar-refractivity contribution in [2.24, 2.45) is 5.92 Å². The molecule has 0 aliphatic heterocycles. The number of nitrogens with zero attached hydrogens (tertiary/aromatic N) is 2. The van der Waals surface area contributed by atoms with Gasteiger partial charge < -0.3 is 9.67 Å². The van der Waals surface area contributed by atoms with E-state index in [0.717, 1.165) is 18.5 Å². The van der Waals surface area contributed by atoms with E-state index < -0.39 is 0 Å². The summed E-state index contributed by atoms with van der Waals surface area (Å²) in [6.45, 7) is 8.51. The average Bonchev–Trinajstić information content (AvgIpc) is 2.65. The van der Waals surface area contributed by atoms with Crippen LogP contribution in [0.2, 0.25) is 0 Å². The molecule has 1 aromatic rings. The van der Waals surface area contributed by atoms with Crippen LogP contribution in [0.3, 0.4) is 0 Å². The van der Waals surface area contributed by atoms with E-state index in [4.69, 9.17) is 0 Å². The molecule has 15 heavy (non-hydrogen) atoms. The van der Waals surface area contributed by atoms with Gasteiger partial charge >= 0.3 is 0 Å². The van der Waals surface area contributed by atoms with Gasteiger partial charge in [0.2, 0.25) is 0 Å². The van der Waals surface area contributed by atoms with E-state index in [9.17, 15) is 5.11 Å².